The maximum Gasteiger partial charge on any atom is 0.257 e. The van der Waals surface area contributed by atoms with Crippen molar-refractivity contribution >= 4 is 28.7 Å². The van der Waals surface area contributed by atoms with Crippen molar-refractivity contribution in [1.82, 2.24) is 29.7 Å². The van der Waals surface area contributed by atoms with Crippen LogP contribution in [-0.2, 0) is 0 Å². The number of aromatic amines is 1. The number of hydrogen-bond acceptors (Lipinski definition) is 9. The lowest BCUT2D eigenvalue weighted by Crippen LogP contribution is -2.48. The second-order valence-corrected chi connectivity index (χ2v) is 9.42. The van der Waals surface area contributed by atoms with Gasteiger partial charge in [-0.1, -0.05) is 6.42 Å². The van der Waals surface area contributed by atoms with Crippen LogP contribution in [0.15, 0.2) is 18.5 Å². The average Bonchev–Trinajstić information content (AvgIpc) is 3.42. The predicted molar refractivity (Wildman–Crippen MR) is 133 cm³/mol. The average molecular weight is 494 g/mol. The Balaban J connectivity index is 1.22. The third-order valence-corrected chi connectivity index (χ3v) is 7.27. The first kappa shape index (κ1) is 22.8. The molecule has 2 N–H and O–H groups in total. The number of methoxy groups -OCH3 is 1. The molecule has 0 radical (unpaired) electrons. The minimum Gasteiger partial charge on any atom is -0.485 e. The number of anilines is 2. The van der Waals surface area contributed by atoms with Gasteiger partial charge in [0.2, 0.25) is 11.8 Å². The summed E-state index contributed by atoms with van der Waals surface area (Å²) in [4.78, 5) is 34.1. The Bertz CT molecular complexity index is 1250. The van der Waals surface area contributed by atoms with Gasteiger partial charge in [0.1, 0.15) is 18.7 Å². The molecule has 1 amide bonds. The van der Waals surface area contributed by atoms with Gasteiger partial charge in [0.25, 0.3) is 5.91 Å². The number of nitrogens with zero attached hydrogens (tertiary/aromatic N) is 5. The number of H-pyrrole nitrogens is 1. The summed E-state index contributed by atoms with van der Waals surface area (Å²) in [7, 11) is 1.54. The molecule has 6 rings (SSSR count). The molecule has 1 aromatic carbocycles. The van der Waals surface area contributed by atoms with E-state index in [1.807, 2.05) is 11.0 Å². The van der Waals surface area contributed by atoms with Crippen molar-refractivity contribution < 1.29 is 19.0 Å². The molecule has 0 aliphatic carbocycles. The van der Waals surface area contributed by atoms with Crippen molar-refractivity contribution in [3.05, 3.63) is 24.0 Å². The number of rotatable bonds is 5. The number of benzene rings is 1. The zero-order valence-electron chi connectivity index (χ0n) is 20.5. The molecule has 190 valence electrons. The molecule has 2 saturated heterocycles. The summed E-state index contributed by atoms with van der Waals surface area (Å²) >= 11 is 0. The second kappa shape index (κ2) is 9.81. The fraction of sp³-hybridized carbons (Fsp3) is 0.520. The minimum absolute atomic E-state index is 0.0174. The molecule has 0 atom stereocenters. The van der Waals surface area contributed by atoms with Crippen molar-refractivity contribution in [3.63, 3.8) is 0 Å². The van der Waals surface area contributed by atoms with E-state index in [-0.39, 0.29) is 5.91 Å². The van der Waals surface area contributed by atoms with Crippen molar-refractivity contribution in [2.75, 3.05) is 51.8 Å². The smallest absolute Gasteiger partial charge is 0.257 e. The van der Waals surface area contributed by atoms with Crippen LogP contribution in [0, 0.1) is 0 Å². The highest BCUT2D eigenvalue weighted by molar-refractivity contribution is 5.99. The number of carbonyl (C=O) groups excluding carboxylic acids is 1. The van der Waals surface area contributed by atoms with E-state index in [1.165, 1.54) is 32.4 Å². The Kier molecular flexibility index (Phi) is 6.22. The van der Waals surface area contributed by atoms with Gasteiger partial charge in [-0.15, -0.1) is 0 Å². The lowest BCUT2D eigenvalue weighted by Gasteiger charge is -2.40. The molecule has 5 heterocycles. The summed E-state index contributed by atoms with van der Waals surface area (Å²) in [6.07, 6.45) is 7.48. The molecule has 2 fully saturated rings. The van der Waals surface area contributed by atoms with E-state index in [9.17, 15) is 4.79 Å². The number of aromatic nitrogens is 4. The number of imidazole rings is 1. The molecule has 3 aromatic rings. The van der Waals surface area contributed by atoms with Crippen molar-refractivity contribution in [2.24, 2.45) is 0 Å². The number of carbonyl (C=O) groups is 1. The largest absolute Gasteiger partial charge is 0.485 e. The van der Waals surface area contributed by atoms with Crippen molar-refractivity contribution in [1.29, 1.82) is 0 Å². The van der Waals surface area contributed by atoms with Gasteiger partial charge in [-0.05, 0) is 50.9 Å². The molecule has 11 nitrogen and oxygen atoms in total. The highest BCUT2D eigenvalue weighted by Gasteiger charge is 2.31. The van der Waals surface area contributed by atoms with Gasteiger partial charge >= 0.3 is 0 Å². The number of fused-ring (bicyclic) bond motifs is 2. The lowest BCUT2D eigenvalue weighted by atomic mass is 9.99. The van der Waals surface area contributed by atoms with Crippen LogP contribution < -0.4 is 19.5 Å². The van der Waals surface area contributed by atoms with Crippen LogP contribution >= 0.6 is 0 Å². The maximum atomic E-state index is 13.5. The zero-order valence-corrected chi connectivity index (χ0v) is 20.5. The van der Waals surface area contributed by atoms with Gasteiger partial charge in [0.15, 0.2) is 17.1 Å². The number of nitrogens with one attached hydrogen (secondary N) is 2. The molecular weight excluding hydrogens is 462 g/mol. The van der Waals surface area contributed by atoms with Crippen LogP contribution in [0.25, 0.3) is 11.2 Å². The van der Waals surface area contributed by atoms with Gasteiger partial charge in [0, 0.05) is 19.1 Å². The van der Waals surface area contributed by atoms with Crippen LogP contribution in [0.5, 0.6) is 17.4 Å². The van der Waals surface area contributed by atoms with E-state index >= 15 is 0 Å². The molecule has 0 bridgehead atoms. The van der Waals surface area contributed by atoms with E-state index in [2.05, 4.69) is 30.2 Å². The van der Waals surface area contributed by atoms with Crippen LogP contribution in [-0.4, -0.2) is 88.2 Å². The first-order valence-corrected chi connectivity index (χ1v) is 12.7. The third-order valence-electron chi connectivity index (χ3n) is 7.27. The summed E-state index contributed by atoms with van der Waals surface area (Å²) in [5.74, 6) is 1.62. The number of hydrogen-bond donors (Lipinski definition) is 2. The van der Waals surface area contributed by atoms with Gasteiger partial charge in [0.05, 0.1) is 24.7 Å². The molecule has 0 spiro atoms. The molecule has 2 aromatic heterocycles. The number of ether oxygens (including phenoxy) is 3. The van der Waals surface area contributed by atoms with Crippen LogP contribution in [0.2, 0.25) is 0 Å². The molecule has 0 saturated carbocycles. The molecular formula is C25H31N7O4. The SMILES string of the molecule is COc1nc(Nc2ccc(C(=O)N3CCC(N4CCCCC4)CC3)c3c2OCCO3)nc2nc[nH]c12. The highest BCUT2D eigenvalue weighted by atomic mass is 16.6. The summed E-state index contributed by atoms with van der Waals surface area (Å²) in [6.45, 7) is 4.67. The summed E-state index contributed by atoms with van der Waals surface area (Å²) in [5, 5.41) is 3.19. The molecule has 3 aliphatic heterocycles. The Morgan fingerprint density at radius 3 is 2.61 bits per heavy atom. The molecule has 0 unspecified atom stereocenters. The highest BCUT2D eigenvalue weighted by Crippen LogP contribution is 2.42. The molecule has 36 heavy (non-hydrogen) atoms. The molecule has 11 heteroatoms. The number of piperidine rings is 2. The predicted octanol–water partition coefficient (Wildman–Crippen LogP) is 2.97. The van der Waals surface area contributed by atoms with Crippen LogP contribution in [0.1, 0.15) is 42.5 Å². The lowest BCUT2D eigenvalue weighted by molar-refractivity contribution is 0.0582. The third kappa shape index (κ3) is 4.27. The van der Waals surface area contributed by atoms with Gasteiger partial charge in [-0.2, -0.15) is 9.97 Å². The quantitative estimate of drug-likeness (QED) is 0.553. The van der Waals surface area contributed by atoms with E-state index in [0.29, 0.717) is 65.0 Å². The van der Waals surface area contributed by atoms with E-state index < -0.39 is 0 Å². The fourth-order valence-corrected chi connectivity index (χ4v) is 5.42. The van der Waals surface area contributed by atoms with E-state index in [0.717, 1.165) is 25.9 Å². The first-order valence-electron chi connectivity index (χ1n) is 12.7. The Morgan fingerprint density at radius 2 is 1.83 bits per heavy atom. The maximum absolute atomic E-state index is 13.5. The number of likely N-dealkylation sites (tertiary alicyclic amines) is 2. The van der Waals surface area contributed by atoms with E-state index in [1.54, 1.807) is 19.5 Å². The standard InChI is InChI=1S/C25H31N7O4/c1-34-23-19-22(27-15-26-19)29-25(30-23)28-18-6-5-17(20-21(18)36-14-13-35-20)24(33)32-11-7-16(8-12-32)31-9-3-2-4-10-31/h5-6,15-16H,2-4,7-14H2,1H3,(H2,26,27,28,29,30). The van der Waals surface area contributed by atoms with Gasteiger partial charge in [-0.25, -0.2) is 4.98 Å². The van der Waals surface area contributed by atoms with Crippen LogP contribution in [0.3, 0.4) is 0 Å². The zero-order chi connectivity index (χ0) is 24.5. The number of amides is 1. The topological polar surface area (TPSA) is 118 Å². The molecule has 3 aliphatic rings. The summed E-state index contributed by atoms with van der Waals surface area (Å²) in [5.41, 5.74) is 2.24. The first-order chi connectivity index (χ1) is 17.7. The van der Waals surface area contributed by atoms with Gasteiger partial charge < -0.3 is 34.3 Å². The minimum atomic E-state index is -0.0174. The Hall–Kier alpha value is -3.60. The van der Waals surface area contributed by atoms with E-state index in [4.69, 9.17) is 14.2 Å². The summed E-state index contributed by atoms with van der Waals surface area (Å²) < 4.78 is 17.3. The van der Waals surface area contributed by atoms with Crippen LogP contribution in [0.4, 0.5) is 11.6 Å². The van der Waals surface area contributed by atoms with Gasteiger partial charge in [-0.3, -0.25) is 4.79 Å². The van der Waals surface area contributed by atoms with Crippen molar-refractivity contribution in [3.8, 4) is 17.4 Å². The summed E-state index contributed by atoms with van der Waals surface area (Å²) in [6, 6.07) is 4.18. The fourth-order valence-electron chi connectivity index (χ4n) is 5.42. The Morgan fingerprint density at radius 1 is 1.06 bits per heavy atom. The monoisotopic (exact) mass is 493 g/mol. The normalized spacial score (nSPS) is 18.9. The van der Waals surface area contributed by atoms with Crippen molar-refractivity contribution in [2.45, 2.75) is 38.1 Å². The second-order valence-electron chi connectivity index (χ2n) is 9.42. The Labute approximate surface area is 209 Å².